The third kappa shape index (κ3) is 3.29. The first kappa shape index (κ1) is 19.6. The molecule has 0 unspecified atom stereocenters. The maximum absolute atomic E-state index is 13.0. The Balaban J connectivity index is 1.98. The van der Waals surface area contributed by atoms with Crippen LogP contribution in [0.2, 0.25) is 5.02 Å². The summed E-state index contributed by atoms with van der Waals surface area (Å²) in [4.78, 5) is 35.6. The van der Waals surface area contributed by atoms with Gasteiger partial charge in [0.05, 0.1) is 24.3 Å². The van der Waals surface area contributed by atoms with E-state index in [1.54, 1.807) is 48.7 Å². The second-order valence-electron chi connectivity index (χ2n) is 6.49. The van der Waals surface area contributed by atoms with Gasteiger partial charge in [0.1, 0.15) is 17.3 Å². The lowest BCUT2D eigenvalue weighted by Crippen LogP contribution is -2.30. The van der Waals surface area contributed by atoms with Gasteiger partial charge >= 0.3 is 5.91 Å². The molecular formula is C22H16ClN3O4. The largest absolute Gasteiger partial charge is 0.507 e. The van der Waals surface area contributed by atoms with Crippen molar-refractivity contribution in [3.05, 3.63) is 88.8 Å². The van der Waals surface area contributed by atoms with Gasteiger partial charge in [-0.25, -0.2) is 4.98 Å². The van der Waals surface area contributed by atoms with Gasteiger partial charge in [-0.1, -0.05) is 23.7 Å². The summed E-state index contributed by atoms with van der Waals surface area (Å²) in [5, 5.41) is 11.5. The third-order valence-electron chi connectivity index (χ3n) is 4.76. The number of aliphatic hydroxyl groups is 1. The van der Waals surface area contributed by atoms with E-state index in [0.29, 0.717) is 16.3 Å². The molecule has 1 aromatic carbocycles. The van der Waals surface area contributed by atoms with Crippen molar-refractivity contribution in [2.24, 2.45) is 0 Å². The lowest BCUT2D eigenvalue weighted by molar-refractivity contribution is -0.132. The number of halogens is 1. The molecule has 1 aliphatic heterocycles. The van der Waals surface area contributed by atoms with Crippen LogP contribution >= 0.6 is 11.6 Å². The number of Topliss-reactive ketones (excluding diaryl/α,β-unsaturated/α-hetero) is 1. The fraction of sp³-hybridized carbons (Fsp3) is 0.0909. The topological polar surface area (TPSA) is 92.6 Å². The smallest absolute Gasteiger partial charge is 0.301 e. The number of aliphatic hydroxyl groups excluding tert-OH is 1. The number of rotatable bonds is 4. The number of nitrogens with zero attached hydrogens (tertiary/aromatic N) is 3. The number of carbonyl (C=O) groups excluding carboxylic acids is 2. The van der Waals surface area contributed by atoms with Gasteiger partial charge in [0.2, 0.25) is 0 Å². The zero-order valence-electron chi connectivity index (χ0n) is 15.8. The van der Waals surface area contributed by atoms with Gasteiger partial charge in [0, 0.05) is 23.6 Å². The Hall–Kier alpha value is -3.71. The Labute approximate surface area is 177 Å². The highest BCUT2D eigenvalue weighted by atomic mass is 35.5. The van der Waals surface area contributed by atoms with E-state index in [-0.39, 0.29) is 22.7 Å². The number of benzene rings is 1. The number of methoxy groups -OCH3 is 1. The lowest BCUT2D eigenvalue weighted by atomic mass is 9.96. The summed E-state index contributed by atoms with van der Waals surface area (Å²) in [6.07, 6.45) is 4.64. The van der Waals surface area contributed by atoms with Crippen molar-refractivity contribution in [1.82, 2.24) is 9.97 Å². The number of ketones is 1. The van der Waals surface area contributed by atoms with E-state index in [2.05, 4.69) is 9.97 Å². The Morgan fingerprint density at radius 1 is 1.13 bits per heavy atom. The molecule has 7 nitrogen and oxygen atoms in total. The first-order valence-electron chi connectivity index (χ1n) is 8.98. The molecule has 1 amide bonds. The van der Waals surface area contributed by atoms with Gasteiger partial charge < -0.3 is 9.84 Å². The Morgan fingerprint density at radius 2 is 1.97 bits per heavy atom. The van der Waals surface area contributed by atoms with Crippen LogP contribution in [0, 0.1) is 0 Å². The molecule has 8 heteroatoms. The molecule has 2 aromatic heterocycles. The van der Waals surface area contributed by atoms with Gasteiger partial charge in [-0.3, -0.25) is 19.5 Å². The molecule has 0 spiro atoms. The number of pyridine rings is 2. The van der Waals surface area contributed by atoms with Crippen LogP contribution in [0.25, 0.3) is 5.76 Å². The number of ether oxygens (including phenoxy) is 1. The molecule has 1 atom stereocenters. The molecule has 0 bridgehead atoms. The molecule has 30 heavy (non-hydrogen) atoms. The average Bonchev–Trinajstić information content (AvgIpc) is 3.05. The van der Waals surface area contributed by atoms with E-state index in [1.165, 1.54) is 30.5 Å². The molecule has 1 N–H and O–H groups in total. The van der Waals surface area contributed by atoms with Crippen LogP contribution in [0.5, 0.6) is 5.75 Å². The Morgan fingerprint density at radius 3 is 2.63 bits per heavy atom. The van der Waals surface area contributed by atoms with Crippen LogP contribution in [-0.2, 0) is 9.59 Å². The molecule has 3 heterocycles. The normalized spacial score (nSPS) is 17.9. The van der Waals surface area contributed by atoms with Crippen molar-refractivity contribution in [3.63, 3.8) is 0 Å². The fourth-order valence-corrected chi connectivity index (χ4v) is 3.60. The van der Waals surface area contributed by atoms with Crippen LogP contribution in [-0.4, -0.2) is 33.9 Å². The van der Waals surface area contributed by atoms with Gasteiger partial charge in [0.15, 0.2) is 0 Å². The predicted molar refractivity (Wildman–Crippen MR) is 111 cm³/mol. The maximum atomic E-state index is 13.0. The first-order chi connectivity index (χ1) is 14.5. The van der Waals surface area contributed by atoms with Crippen molar-refractivity contribution in [3.8, 4) is 5.75 Å². The molecule has 0 saturated carbocycles. The highest BCUT2D eigenvalue weighted by molar-refractivity contribution is 6.51. The summed E-state index contributed by atoms with van der Waals surface area (Å²) in [5.41, 5.74) is 0.655. The van der Waals surface area contributed by atoms with E-state index >= 15 is 0 Å². The second-order valence-corrected chi connectivity index (χ2v) is 6.92. The van der Waals surface area contributed by atoms with Gasteiger partial charge in [-0.05, 0) is 42.0 Å². The van der Waals surface area contributed by atoms with E-state index in [9.17, 15) is 14.7 Å². The number of amides is 1. The number of carbonyl (C=O) groups is 2. The summed E-state index contributed by atoms with van der Waals surface area (Å²) >= 11 is 6.10. The van der Waals surface area contributed by atoms with Crippen molar-refractivity contribution in [2.45, 2.75) is 6.04 Å². The molecule has 4 rings (SSSR count). The number of hydrogen-bond acceptors (Lipinski definition) is 6. The van der Waals surface area contributed by atoms with Crippen LogP contribution in [0.15, 0.2) is 72.7 Å². The molecule has 1 aliphatic rings. The number of hydrogen-bond donors (Lipinski definition) is 1. The molecule has 3 aromatic rings. The summed E-state index contributed by atoms with van der Waals surface area (Å²) < 4.78 is 5.31. The molecule has 150 valence electrons. The minimum Gasteiger partial charge on any atom is -0.507 e. The van der Waals surface area contributed by atoms with Gasteiger partial charge in [-0.2, -0.15) is 0 Å². The lowest BCUT2D eigenvalue weighted by Gasteiger charge is -2.24. The molecule has 0 aliphatic carbocycles. The van der Waals surface area contributed by atoms with Crippen molar-refractivity contribution in [1.29, 1.82) is 0 Å². The summed E-state index contributed by atoms with van der Waals surface area (Å²) in [5.74, 6) is -1.43. The highest BCUT2D eigenvalue weighted by Crippen LogP contribution is 2.42. The monoisotopic (exact) mass is 421 g/mol. The second kappa shape index (κ2) is 7.96. The van der Waals surface area contributed by atoms with Gasteiger partial charge in [0.25, 0.3) is 5.78 Å². The van der Waals surface area contributed by atoms with Crippen molar-refractivity contribution < 1.29 is 19.4 Å². The van der Waals surface area contributed by atoms with Crippen LogP contribution in [0.3, 0.4) is 0 Å². The summed E-state index contributed by atoms with van der Waals surface area (Å²) in [7, 11) is 1.44. The van der Waals surface area contributed by atoms with Gasteiger partial charge in [-0.15, -0.1) is 0 Å². The van der Waals surface area contributed by atoms with E-state index < -0.39 is 17.7 Å². The zero-order chi connectivity index (χ0) is 21.3. The fourth-order valence-electron chi connectivity index (χ4n) is 3.43. The molecule has 1 saturated heterocycles. The van der Waals surface area contributed by atoms with Crippen LogP contribution in [0.1, 0.15) is 17.2 Å². The van der Waals surface area contributed by atoms with Crippen molar-refractivity contribution >= 4 is 34.9 Å². The molecule has 1 fully saturated rings. The minimum absolute atomic E-state index is 0.0979. The molecular weight excluding hydrogens is 406 g/mol. The highest BCUT2D eigenvalue weighted by Gasteiger charge is 2.47. The third-order valence-corrected chi connectivity index (χ3v) is 4.99. The summed E-state index contributed by atoms with van der Waals surface area (Å²) in [6.45, 7) is 0. The quantitative estimate of drug-likeness (QED) is 0.391. The summed E-state index contributed by atoms with van der Waals surface area (Å²) in [6, 6.07) is 12.2. The predicted octanol–water partition coefficient (Wildman–Crippen LogP) is 3.76. The zero-order valence-corrected chi connectivity index (χ0v) is 16.6. The van der Waals surface area contributed by atoms with Crippen molar-refractivity contribution in [2.75, 3.05) is 12.0 Å². The van der Waals surface area contributed by atoms with E-state index in [1.807, 2.05) is 0 Å². The first-order valence-corrected chi connectivity index (χ1v) is 9.36. The Bertz CT molecular complexity index is 1150. The average molecular weight is 422 g/mol. The standard InChI is InChI=1S/C22H16ClN3O4/c1-30-16-8-7-14(23)11-15(16)20(27)18-19(13-5-4-9-24-12-13)26(22(29)21(18)28)17-6-2-3-10-25-17/h2-12,19,27H,1H3/t19-/m0/s1. The van der Waals surface area contributed by atoms with E-state index in [0.717, 1.165) is 0 Å². The number of anilines is 1. The SMILES string of the molecule is COc1ccc(Cl)cc1C(O)=C1C(=O)C(=O)N(c2ccccn2)[C@H]1c1cccnc1. The van der Waals surface area contributed by atoms with E-state index in [4.69, 9.17) is 16.3 Å². The minimum atomic E-state index is -0.919. The number of aromatic nitrogens is 2. The molecule has 0 radical (unpaired) electrons. The Kier molecular flexibility index (Phi) is 5.20. The van der Waals surface area contributed by atoms with Crippen LogP contribution < -0.4 is 9.64 Å². The van der Waals surface area contributed by atoms with Crippen LogP contribution in [0.4, 0.5) is 5.82 Å². The maximum Gasteiger partial charge on any atom is 0.301 e.